The summed E-state index contributed by atoms with van der Waals surface area (Å²) in [6.45, 7) is 13.4. The molecular weight excluding hydrogens is 860 g/mol. The maximum absolute atomic E-state index is 6.63. The maximum atomic E-state index is 6.63. The van der Waals surface area contributed by atoms with Gasteiger partial charge in [-0.3, -0.25) is 4.68 Å². The predicted molar refractivity (Wildman–Crippen MR) is 222 cm³/mol. The molecule has 7 aromatic rings. The predicted octanol–water partition coefficient (Wildman–Crippen LogP) is 12.8. The number of para-hydroxylation sites is 1. The van der Waals surface area contributed by atoms with Gasteiger partial charge in [0.1, 0.15) is 5.82 Å². The maximum Gasteiger partial charge on any atom is 2.00 e. The van der Waals surface area contributed by atoms with E-state index in [1.165, 1.54) is 47.2 Å². The molecule has 0 aliphatic rings. The Labute approximate surface area is 341 Å². The molecule has 0 amide bonds. The van der Waals surface area contributed by atoms with Gasteiger partial charge in [0.15, 0.2) is 0 Å². The fraction of sp³-hybridized carbons (Fsp3) is 0.333. The number of aromatic nitrogens is 4. The second-order valence-electron chi connectivity index (χ2n) is 14.9. The molecule has 0 aliphatic carbocycles. The van der Waals surface area contributed by atoms with E-state index in [1.807, 2.05) is 24.4 Å². The Morgan fingerprint density at radius 2 is 1.55 bits per heavy atom. The normalized spacial score (nSPS) is 11.5. The van der Waals surface area contributed by atoms with Crippen LogP contribution in [-0.2, 0) is 33.9 Å². The fourth-order valence-electron chi connectivity index (χ4n) is 7.46. The Hall–Kier alpha value is -4.67. The van der Waals surface area contributed by atoms with Gasteiger partial charge in [0.05, 0.1) is 12.8 Å². The first-order valence-corrected chi connectivity index (χ1v) is 19.7. The number of pyridine rings is 1. The van der Waals surface area contributed by atoms with E-state index >= 15 is 0 Å². The van der Waals surface area contributed by atoms with Gasteiger partial charge < -0.3 is 14.0 Å². The first kappa shape index (κ1) is 40.0. The van der Waals surface area contributed by atoms with Gasteiger partial charge in [-0.1, -0.05) is 121 Å². The first-order valence-electron chi connectivity index (χ1n) is 19.7. The second-order valence-corrected chi connectivity index (χ2v) is 14.9. The molecule has 0 atom stereocenters. The minimum Gasteiger partial charge on any atom is -0.522 e. The van der Waals surface area contributed by atoms with E-state index in [9.17, 15) is 0 Å². The van der Waals surface area contributed by atoms with Crippen molar-refractivity contribution >= 4 is 21.8 Å². The number of hydrogen-bond donors (Lipinski definition) is 0. The van der Waals surface area contributed by atoms with Crippen LogP contribution in [0.5, 0.6) is 17.2 Å². The Bertz CT molecular complexity index is 2370. The molecule has 7 heteroatoms. The molecule has 3 aromatic heterocycles. The summed E-state index contributed by atoms with van der Waals surface area (Å²) in [5.74, 6) is 3.26. The number of aryl methyl sites for hydroxylation is 1. The van der Waals surface area contributed by atoms with Crippen LogP contribution in [0.25, 0.3) is 44.4 Å². The van der Waals surface area contributed by atoms with Gasteiger partial charge >= 0.3 is 21.1 Å². The van der Waals surface area contributed by atoms with Crippen LogP contribution in [0, 0.1) is 12.1 Å². The Morgan fingerprint density at radius 1 is 0.745 bits per heavy atom. The number of benzene rings is 4. The van der Waals surface area contributed by atoms with Crippen molar-refractivity contribution in [2.75, 3.05) is 7.11 Å². The van der Waals surface area contributed by atoms with Crippen molar-refractivity contribution in [1.82, 2.24) is 19.3 Å². The van der Waals surface area contributed by atoms with Gasteiger partial charge in [0, 0.05) is 40.2 Å². The van der Waals surface area contributed by atoms with Crippen molar-refractivity contribution in [1.29, 1.82) is 0 Å². The largest absolute Gasteiger partial charge is 2.00 e. The van der Waals surface area contributed by atoms with Crippen molar-refractivity contribution in [3.63, 3.8) is 0 Å². The molecule has 7 rings (SSSR count). The summed E-state index contributed by atoms with van der Waals surface area (Å²) in [6.07, 6.45) is 9.69. The smallest absolute Gasteiger partial charge is 0.522 e. The summed E-state index contributed by atoms with van der Waals surface area (Å²) in [4.78, 5) is 4.81. The zero-order chi connectivity index (χ0) is 37.8. The number of nitrogens with zero attached hydrogens (tertiary/aromatic N) is 4. The summed E-state index contributed by atoms with van der Waals surface area (Å²) in [5, 5.41) is 7.55. The third-order valence-corrected chi connectivity index (χ3v) is 10.3. The monoisotopic (exact) mass is 911 g/mol. The van der Waals surface area contributed by atoms with Crippen LogP contribution in [-0.4, -0.2) is 26.4 Å². The third-order valence-electron chi connectivity index (χ3n) is 10.3. The van der Waals surface area contributed by atoms with Gasteiger partial charge in [0.2, 0.25) is 0 Å². The zero-order valence-electron chi connectivity index (χ0n) is 33.2. The minimum absolute atomic E-state index is 0. The molecule has 0 radical (unpaired) electrons. The summed E-state index contributed by atoms with van der Waals surface area (Å²) >= 11 is 0. The number of hydrogen-bond acceptors (Lipinski definition) is 4. The first-order chi connectivity index (χ1) is 26.3. The Kier molecular flexibility index (Phi) is 13.0. The molecule has 0 fully saturated rings. The standard InChI is InChI=1S/C48H52N4O2.Pt/c1-8-10-11-12-18-44-47(35-21-19-34(15-9-2)20-22-35)48(33(5)6)50-52(44)37-28-39(53-7)30-40(29-37)54-38-23-24-42-41-16-13-14-17-43(41)51(45(42)31-38)46-27-36(32(3)4)25-26-49-46;/h13-14,16-17,19-28,30,32-33H,8-12,15,18H2,1-7H3;/q-2;+2. The molecule has 6 nitrogen and oxygen atoms in total. The summed E-state index contributed by atoms with van der Waals surface area (Å²) in [5.41, 5.74) is 10.1. The number of unbranched alkanes of at least 4 members (excludes halogenated alkanes) is 3. The van der Waals surface area contributed by atoms with Crippen molar-refractivity contribution < 1.29 is 30.5 Å². The van der Waals surface area contributed by atoms with Crippen molar-refractivity contribution in [3.05, 3.63) is 126 Å². The van der Waals surface area contributed by atoms with Gasteiger partial charge in [0.25, 0.3) is 0 Å². The van der Waals surface area contributed by atoms with E-state index < -0.39 is 0 Å². The van der Waals surface area contributed by atoms with Crippen LogP contribution >= 0.6 is 0 Å². The van der Waals surface area contributed by atoms with Gasteiger partial charge in [-0.25, -0.2) is 4.98 Å². The summed E-state index contributed by atoms with van der Waals surface area (Å²) in [6, 6.07) is 37.0. The Balaban J connectivity index is 0.00000514. The van der Waals surface area contributed by atoms with Gasteiger partial charge in [-0.2, -0.15) is 11.2 Å². The molecule has 0 spiro atoms. The molecule has 0 bridgehead atoms. The molecule has 0 aliphatic heterocycles. The third kappa shape index (κ3) is 8.45. The molecular formula is C48H52N4O2Pt. The fourth-order valence-corrected chi connectivity index (χ4v) is 7.46. The SMILES string of the molecule is CCCCCCc1c(-c2ccc(CCC)cc2)c(C(C)C)nn1-c1[c-]c(Oc2[c-]c3c(cc2)c2ccccc2n3-c2cc(C(C)C)ccn2)cc(OC)c1.[Pt+2]. The van der Waals surface area contributed by atoms with Crippen LogP contribution in [0.15, 0.2) is 91.1 Å². The van der Waals surface area contributed by atoms with Crippen LogP contribution in [0.4, 0.5) is 0 Å². The van der Waals surface area contributed by atoms with Crippen molar-refractivity contribution in [3.8, 4) is 39.9 Å². The molecule has 286 valence electrons. The molecule has 4 aromatic carbocycles. The van der Waals surface area contributed by atoms with Gasteiger partial charge in [-0.15, -0.1) is 29.7 Å². The van der Waals surface area contributed by atoms with E-state index in [0.717, 1.165) is 64.7 Å². The zero-order valence-corrected chi connectivity index (χ0v) is 35.5. The molecule has 3 heterocycles. The van der Waals surface area contributed by atoms with E-state index in [0.29, 0.717) is 23.2 Å². The topological polar surface area (TPSA) is 54.1 Å². The quantitative estimate of drug-likeness (QED) is 0.0760. The number of methoxy groups -OCH3 is 1. The summed E-state index contributed by atoms with van der Waals surface area (Å²) in [7, 11) is 1.69. The van der Waals surface area contributed by atoms with E-state index in [4.69, 9.17) is 19.6 Å². The molecule has 55 heavy (non-hydrogen) atoms. The van der Waals surface area contributed by atoms with Crippen molar-refractivity contribution in [2.45, 2.75) is 98.3 Å². The van der Waals surface area contributed by atoms with Crippen LogP contribution in [0.2, 0.25) is 0 Å². The average molecular weight is 912 g/mol. The van der Waals surface area contributed by atoms with Crippen molar-refractivity contribution in [2.24, 2.45) is 0 Å². The minimum atomic E-state index is 0. The van der Waals surface area contributed by atoms with E-state index in [1.54, 1.807) is 7.11 Å². The number of rotatable bonds is 15. The van der Waals surface area contributed by atoms with Crippen LogP contribution in [0.3, 0.4) is 0 Å². The second kappa shape index (κ2) is 17.9. The van der Waals surface area contributed by atoms with Crippen LogP contribution < -0.4 is 9.47 Å². The molecule has 0 saturated carbocycles. The molecule has 0 saturated heterocycles. The van der Waals surface area contributed by atoms with E-state index in [-0.39, 0.29) is 27.0 Å². The van der Waals surface area contributed by atoms with Crippen LogP contribution in [0.1, 0.15) is 108 Å². The van der Waals surface area contributed by atoms with Gasteiger partial charge in [-0.05, 0) is 77.1 Å². The number of fused-ring (bicyclic) bond motifs is 3. The van der Waals surface area contributed by atoms with E-state index in [2.05, 4.69) is 130 Å². The molecule has 0 N–H and O–H groups in total. The Morgan fingerprint density at radius 3 is 2.27 bits per heavy atom. The molecule has 0 unspecified atom stereocenters. The average Bonchev–Trinajstić information content (AvgIpc) is 3.73. The number of ether oxygens (including phenoxy) is 2. The summed E-state index contributed by atoms with van der Waals surface area (Å²) < 4.78 is 16.8.